The molecule has 1 aromatic rings. The molecule has 0 fully saturated rings. The van der Waals surface area contributed by atoms with Gasteiger partial charge in [0.25, 0.3) is 0 Å². The topological polar surface area (TPSA) is 41.0 Å². The van der Waals surface area contributed by atoms with Gasteiger partial charge in [-0.05, 0) is 24.6 Å². The van der Waals surface area contributed by atoms with Crippen LogP contribution >= 0.6 is 0 Å². The first kappa shape index (κ1) is 15.7. The summed E-state index contributed by atoms with van der Waals surface area (Å²) in [6.07, 6.45) is -4.24. The molecule has 0 atom stereocenters. The molecule has 0 unspecified atom stereocenters. The third-order valence-electron chi connectivity index (χ3n) is 2.37. The lowest BCUT2D eigenvalue weighted by Crippen LogP contribution is -2.31. The summed E-state index contributed by atoms with van der Waals surface area (Å²) in [5, 5.41) is 10.9. The van der Waals surface area contributed by atoms with Gasteiger partial charge in [0.05, 0.1) is 5.69 Å². The first-order chi connectivity index (χ1) is 8.78. The molecule has 19 heavy (non-hydrogen) atoms. The number of nitrogens with one attached hydrogen (secondary N) is 1. The smallest absolute Gasteiger partial charge is 0.349 e. The third-order valence-corrected chi connectivity index (χ3v) is 2.37. The average Bonchev–Trinajstić information content (AvgIpc) is 2.27. The first-order valence-electron chi connectivity index (χ1n) is 6.09. The molecule has 1 heterocycles. The summed E-state index contributed by atoms with van der Waals surface area (Å²) in [5.74, 6) is 0.745. The maximum atomic E-state index is 12.2. The highest BCUT2D eigenvalue weighted by Gasteiger charge is 2.29. The van der Waals surface area contributed by atoms with Crippen LogP contribution in [-0.4, -0.2) is 36.5 Å². The standard InChI is InChI=1S/C12H19F3N4/c1-9(2)6-16-7-10-4-5-11(18-17-10)19(3)8-12(13,14)15/h4-5,9,16H,6-8H2,1-3H3. The van der Waals surface area contributed by atoms with Crippen molar-refractivity contribution in [2.24, 2.45) is 5.92 Å². The Balaban J connectivity index is 2.51. The summed E-state index contributed by atoms with van der Waals surface area (Å²) in [5.41, 5.74) is 0.713. The second-order valence-corrected chi connectivity index (χ2v) is 4.88. The van der Waals surface area contributed by atoms with Crippen molar-refractivity contribution in [3.8, 4) is 0 Å². The van der Waals surface area contributed by atoms with E-state index in [1.54, 1.807) is 12.1 Å². The molecule has 0 saturated carbocycles. The molecule has 0 bridgehead atoms. The predicted molar refractivity (Wildman–Crippen MR) is 67.9 cm³/mol. The minimum atomic E-state index is -4.24. The van der Waals surface area contributed by atoms with E-state index in [0.717, 1.165) is 11.4 Å². The van der Waals surface area contributed by atoms with Gasteiger partial charge in [-0.25, -0.2) is 0 Å². The predicted octanol–water partition coefficient (Wildman–Crippen LogP) is 2.22. The fourth-order valence-corrected chi connectivity index (χ4v) is 1.49. The molecule has 0 radical (unpaired) electrons. The summed E-state index contributed by atoms with van der Waals surface area (Å²) < 4.78 is 36.6. The Morgan fingerprint density at radius 1 is 1.26 bits per heavy atom. The minimum absolute atomic E-state index is 0.213. The number of anilines is 1. The zero-order valence-electron chi connectivity index (χ0n) is 11.3. The van der Waals surface area contributed by atoms with Gasteiger partial charge in [-0.3, -0.25) is 0 Å². The molecular weight excluding hydrogens is 257 g/mol. The number of hydrogen-bond acceptors (Lipinski definition) is 4. The van der Waals surface area contributed by atoms with Crippen LogP contribution in [0.25, 0.3) is 0 Å². The molecule has 1 N–H and O–H groups in total. The van der Waals surface area contributed by atoms with Crippen molar-refractivity contribution in [1.29, 1.82) is 0 Å². The van der Waals surface area contributed by atoms with E-state index in [0.29, 0.717) is 18.2 Å². The lowest BCUT2D eigenvalue weighted by atomic mass is 10.2. The van der Waals surface area contributed by atoms with Gasteiger partial charge >= 0.3 is 6.18 Å². The third kappa shape index (κ3) is 6.37. The largest absolute Gasteiger partial charge is 0.405 e. The lowest BCUT2D eigenvalue weighted by molar-refractivity contribution is -0.119. The van der Waals surface area contributed by atoms with Gasteiger partial charge in [-0.1, -0.05) is 13.8 Å². The van der Waals surface area contributed by atoms with E-state index in [9.17, 15) is 13.2 Å². The number of rotatable bonds is 6. The normalized spacial score (nSPS) is 11.9. The molecule has 0 aromatic carbocycles. The second kappa shape index (κ2) is 6.70. The van der Waals surface area contributed by atoms with E-state index in [2.05, 4.69) is 29.4 Å². The molecule has 0 aliphatic rings. The van der Waals surface area contributed by atoms with Crippen LogP contribution in [0.3, 0.4) is 0 Å². The van der Waals surface area contributed by atoms with Crippen LogP contribution in [0.5, 0.6) is 0 Å². The van der Waals surface area contributed by atoms with Crippen LogP contribution in [0.15, 0.2) is 12.1 Å². The van der Waals surface area contributed by atoms with Gasteiger partial charge in [-0.15, -0.1) is 5.10 Å². The summed E-state index contributed by atoms with van der Waals surface area (Å²) >= 11 is 0. The SMILES string of the molecule is CC(C)CNCc1ccc(N(C)CC(F)(F)F)nn1. The number of alkyl halides is 3. The zero-order chi connectivity index (χ0) is 14.5. The Kier molecular flexibility index (Phi) is 5.53. The molecule has 108 valence electrons. The Labute approximate surface area is 111 Å². The van der Waals surface area contributed by atoms with Crippen molar-refractivity contribution < 1.29 is 13.2 Å². The Morgan fingerprint density at radius 2 is 1.95 bits per heavy atom. The van der Waals surface area contributed by atoms with Crippen molar-refractivity contribution in [2.75, 3.05) is 25.0 Å². The van der Waals surface area contributed by atoms with Crippen molar-refractivity contribution in [3.05, 3.63) is 17.8 Å². The second-order valence-electron chi connectivity index (χ2n) is 4.88. The highest BCUT2D eigenvalue weighted by molar-refractivity contribution is 5.36. The van der Waals surface area contributed by atoms with Gasteiger partial charge < -0.3 is 10.2 Å². The van der Waals surface area contributed by atoms with E-state index >= 15 is 0 Å². The number of halogens is 3. The van der Waals surface area contributed by atoms with E-state index in [-0.39, 0.29) is 5.82 Å². The van der Waals surface area contributed by atoms with Gasteiger partial charge in [-0.2, -0.15) is 18.3 Å². The molecule has 0 aliphatic carbocycles. The molecule has 0 saturated heterocycles. The molecule has 1 rings (SSSR count). The van der Waals surface area contributed by atoms with E-state index in [4.69, 9.17) is 0 Å². The quantitative estimate of drug-likeness (QED) is 0.865. The van der Waals surface area contributed by atoms with Crippen LogP contribution < -0.4 is 10.2 Å². The minimum Gasteiger partial charge on any atom is -0.349 e. The van der Waals surface area contributed by atoms with E-state index in [1.807, 2.05) is 0 Å². The monoisotopic (exact) mass is 276 g/mol. The maximum absolute atomic E-state index is 12.2. The number of hydrogen-bond donors (Lipinski definition) is 1. The van der Waals surface area contributed by atoms with Gasteiger partial charge in [0.15, 0.2) is 5.82 Å². The highest BCUT2D eigenvalue weighted by atomic mass is 19.4. The Morgan fingerprint density at radius 3 is 2.42 bits per heavy atom. The molecular formula is C12H19F3N4. The Hall–Kier alpha value is -1.37. The van der Waals surface area contributed by atoms with Crippen molar-refractivity contribution >= 4 is 5.82 Å². The molecule has 0 aliphatic heterocycles. The molecule has 7 heteroatoms. The zero-order valence-corrected chi connectivity index (χ0v) is 11.3. The summed E-state index contributed by atoms with van der Waals surface area (Å²) in [6, 6.07) is 3.23. The fourth-order valence-electron chi connectivity index (χ4n) is 1.49. The molecule has 1 aromatic heterocycles. The first-order valence-corrected chi connectivity index (χ1v) is 6.09. The summed E-state index contributed by atoms with van der Waals surface area (Å²) in [4.78, 5) is 1.03. The Bertz CT molecular complexity index is 376. The summed E-state index contributed by atoms with van der Waals surface area (Å²) in [7, 11) is 1.34. The van der Waals surface area contributed by atoms with Gasteiger partial charge in [0, 0.05) is 13.6 Å². The highest BCUT2D eigenvalue weighted by Crippen LogP contribution is 2.18. The molecule has 0 spiro atoms. The van der Waals surface area contributed by atoms with Crippen molar-refractivity contribution in [3.63, 3.8) is 0 Å². The van der Waals surface area contributed by atoms with E-state index < -0.39 is 12.7 Å². The van der Waals surface area contributed by atoms with Crippen LogP contribution in [0.4, 0.5) is 19.0 Å². The van der Waals surface area contributed by atoms with Crippen molar-refractivity contribution in [1.82, 2.24) is 15.5 Å². The van der Waals surface area contributed by atoms with E-state index in [1.165, 1.54) is 7.05 Å². The maximum Gasteiger partial charge on any atom is 0.405 e. The molecule has 0 amide bonds. The summed E-state index contributed by atoms with van der Waals surface area (Å²) in [6.45, 7) is 4.57. The van der Waals surface area contributed by atoms with Crippen LogP contribution in [0, 0.1) is 5.92 Å². The van der Waals surface area contributed by atoms with Crippen LogP contribution in [-0.2, 0) is 6.54 Å². The van der Waals surface area contributed by atoms with Gasteiger partial charge in [0.1, 0.15) is 6.54 Å². The van der Waals surface area contributed by atoms with Gasteiger partial charge in [0.2, 0.25) is 0 Å². The lowest BCUT2D eigenvalue weighted by Gasteiger charge is -2.19. The fraction of sp³-hybridized carbons (Fsp3) is 0.667. The van der Waals surface area contributed by atoms with Crippen LogP contribution in [0.1, 0.15) is 19.5 Å². The number of nitrogens with zero attached hydrogens (tertiary/aromatic N) is 3. The van der Waals surface area contributed by atoms with Crippen LogP contribution in [0.2, 0.25) is 0 Å². The molecule has 4 nitrogen and oxygen atoms in total. The average molecular weight is 276 g/mol. The van der Waals surface area contributed by atoms with Crippen molar-refractivity contribution in [2.45, 2.75) is 26.6 Å². The number of aromatic nitrogens is 2.